The molecule has 1 aliphatic rings. The molecular weight excluding hydrogens is 212 g/mol. The second-order valence-corrected chi connectivity index (χ2v) is 6.86. The second-order valence-electron chi connectivity index (χ2n) is 4.39. The molecule has 0 radical (unpaired) electrons. The van der Waals surface area contributed by atoms with Gasteiger partial charge in [0.25, 0.3) is 0 Å². The fourth-order valence-electron chi connectivity index (χ4n) is 1.70. The molecule has 90 valence electrons. The molecule has 0 bridgehead atoms. The van der Waals surface area contributed by atoms with Crippen LogP contribution < -0.4 is 5.32 Å². The molecule has 0 aliphatic carbocycles. The van der Waals surface area contributed by atoms with Gasteiger partial charge in [0.15, 0.2) is 9.84 Å². The third kappa shape index (κ3) is 4.95. The zero-order valence-electron chi connectivity index (χ0n) is 9.70. The molecule has 0 aromatic heterocycles. The van der Waals surface area contributed by atoms with E-state index in [-0.39, 0.29) is 5.25 Å². The van der Waals surface area contributed by atoms with Crippen molar-refractivity contribution in [3.05, 3.63) is 0 Å². The van der Waals surface area contributed by atoms with Gasteiger partial charge in [-0.15, -0.1) is 0 Å². The van der Waals surface area contributed by atoms with Crippen LogP contribution in [-0.2, 0) is 9.84 Å². The van der Waals surface area contributed by atoms with Gasteiger partial charge in [0, 0.05) is 25.9 Å². The molecule has 5 heteroatoms. The molecule has 0 spiro atoms. The average Bonchev–Trinajstić information content (AvgIpc) is 2.63. The lowest BCUT2D eigenvalue weighted by atomic mass is 10.4. The number of nitrogens with zero attached hydrogens (tertiary/aromatic N) is 1. The molecule has 0 amide bonds. The molecular formula is C10H22N2O2S. The fraction of sp³-hybridized carbons (Fsp3) is 1.00. The lowest BCUT2D eigenvalue weighted by Gasteiger charge is -2.16. The van der Waals surface area contributed by atoms with E-state index in [0.717, 1.165) is 13.1 Å². The van der Waals surface area contributed by atoms with Crippen molar-refractivity contribution in [1.82, 2.24) is 10.2 Å². The van der Waals surface area contributed by atoms with Gasteiger partial charge in [-0.3, -0.25) is 0 Å². The van der Waals surface area contributed by atoms with E-state index in [4.69, 9.17) is 0 Å². The topological polar surface area (TPSA) is 49.4 Å². The van der Waals surface area contributed by atoms with Crippen molar-refractivity contribution < 1.29 is 8.42 Å². The lowest BCUT2D eigenvalue weighted by Crippen LogP contribution is -2.35. The Kier molecular flexibility index (Phi) is 5.02. The molecule has 0 aromatic carbocycles. The third-order valence-corrected chi connectivity index (χ3v) is 4.59. The van der Waals surface area contributed by atoms with Crippen molar-refractivity contribution in [1.29, 1.82) is 0 Å². The summed E-state index contributed by atoms with van der Waals surface area (Å²) in [5.41, 5.74) is 0. The van der Waals surface area contributed by atoms with Gasteiger partial charge in [-0.25, -0.2) is 8.42 Å². The normalized spacial score (nSPS) is 20.7. The maximum Gasteiger partial charge on any atom is 0.151 e. The predicted molar refractivity (Wildman–Crippen MR) is 62.8 cm³/mol. The van der Waals surface area contributed by atoms with Crippen molar-refractivity contribution >= 4 is 9.84 Å². The van der Waals surface area contributed by atoms with Gasteiger partial charge >= 0.3 is 0 Å². The molecule has 1 N–H and O–H groups in total. The van der Waals surface area contributed by atoms with Crippen LogP contribution in [0.15, 0.2) is 0 Å². The Labute approximate surface area is 93.0 Å². The van der Waals surface area contributed by atoms with E-state index < -0.39 is 9.84 Å². The minimum absolute atomic E-state index is 0.281. The van der Waals surface area contributed by atoms with Crippen molar-refractivity contribution in [3.8, 4) is 0 Å². The number of sulfone groups is 1. The van der Waals surface area contributed by atoms with E-state index >= 15 is 0 Å². The van der Waals surface area contributed by atoms with E-state index in [1.807, 2.05) is 0 Å². The zero-order chi connectivity index (χ0) is 11.3. The molecule has 0 saturated carbocycles. The maximum atomic E-state index is 11.1. The van der Waals surface area contributed by atoms with Crippen LogP contribution >= 0.6 is 0 Å². The van der Waals surface area contributed by atoms with E-state index in [1.165, 1.54) is 32.2 Å². The van der Waals surface area contributed by atoms with Crippen molar-refractivity contribution in [3.63, 3.8) is 0 Å². The monoisotopic (exact) mass is 234 g/mol. The fourth-order valence-corrected chi connectivity index (χ4v) is 2.12. The molecule has 1 heterocycles. The van der Waals surface area contributed by atoms with E-state index in [0.29, 0.717) is 6.54 Å². The standard InChI is InChI=1S/C10H22N2O2S/c1-10(15(2,13)14)9-11-5-8-12-6-3-4-7-12/h10-11H,3-9H2,1-2H3. The third-order valence-electron chi connectivity index (χ3n) is 2.97. The van der Waals surface area contributed by atoms with Gasteiger partial charge < -0.3 is 10.2 Å². The first-order valence-corrected chi connectivity index (χ1v) is 7.57. The summed E-state index contributed by atoms with van der Waals surface area (Å²) in [4.78, 5) is 2.41. The SMILES string of the molecule is CC(CNCCN1CCCC1)S(C)(=O)=O. The summed E-state index contributed by atoms with van der Waals surface area (Å²) < 4.78 is 22.3. The Bertz CT molecular complexity index is 271. The highest BCUT2D eigenvalue weighted by Crippen LogP contribution is 2.05. The minimum atomic E-state index is -2.88. The first-order valence-electron chi connectivity index (χ1n) is 5.62. The van der Waals surface area contributed by atoms with Crippen LogP contribution in [0.2, 0.25) is 0 Å². The quantitative estimate of drug-likeness (QED) is 0.663. The molecule has 15 heavy (non-hydrogen) atoms. The summed E-state index contributed by atoms with van der Waals surface area (Å²) in [6, 6.07) is 0. The molecule has 4 nitrogen and oxygen atoms in total. The van der Waals surface area contributed by atoms with Crippen molar-refractivity contribution in [2.45, 2.75) is 25.0 Å². The van der Waals surface area contributed by atoms with Gasteiger partial charge in [-0.05, 0) is 32.9 Å². The van der Waals surface area contributed by atoms with Crippen LogP contribution in [0, 0.1) is 0 Å². The Balaban J connectivity index is 2.06. The molecule has 1 saturated heterocycles. The van der Waals surface area contributed by atoms with E-state index in [9.17, 15) is 8.42 Å². The van der Waals surface area contributed by atoms with Gasteiger partial charge in [0.1, 0.15) is 0 Å². The van der Waals surface area contributed by atoms with Crippen molar-refractivity contribution in [2.75, 3.05) is 39.0 Å². The van der Waals surface area contributed by atoms with Crippen LogP contribution in [0.3, 0.4) is 0 Å². The highest BCUT2D eigenvalue weighted by Gasteiger charge is 2.14. The van der Waals surface area contributed by atoms with Gasteiger partial charge in [-0.2, -0.15) is 0 Å². The smallest absolute Gasteiger partial charge is 0.151 e. The van der Waals surface area contributed by atoms with Crippen LogP contribution in [0.1, 0.15) is 19.8 Å². The highest BCUT2D eigenvalue weighted by atomic mass is 32.2. The number of rotatable bonds is 6. The summed E-state index contributed by atoms with van der Waals surface area (Å²) >= 11 is 0. The second kappa shape index (κ2) is 5.82. The van der Waals surface area contributed by atoms with E-state index in [2.05, 4.69) is 10.2 Å². The van der Waals surface area contributed by atoms with Gasteiger partial charge in [-0.1, -0.05) is 0 Å². The molecule has 1 fully saturated rings. The number of hydrogen-bond donors (Lipinski definition) is 1. The summed E-state index contributed by atoms with van der Waals surface area (Å²) in [5.74, 6) is 0. The Morgan fingerprint density at radius 3 is 2.47 bits per heavy atom. The van der Waals surface area contributed by atoms with Crippen LogP contribution in [-0.4, -0.2) is 57.5 Å². The number of likely N-dealkylation sites (tertiary alicyclic amines) is 1. The molecule has 1 aliphatic heterocycles. The van der Waals surface area contributed by atoms with Gasteiger partial charge in [0.05, 0.1) is 5.25 Å². The Morgan fingerprint density at radius 1 is 1.33 bits per heavy atom. The number of hydrogen-bond acceptors (Lipinski definition) is 4. The largest absolute Gasteiger partial charge is 0.314 e. The van der Waals surface area contributed by atoms with Crippen LogP contribution in [0.5, 0.6) is 0 Å². The number of nitrogens with one attached hydrogen (secondary N) is 1. The summed E-state index contributed by atoms with van der Waals surface area (Å²) in [5, 5.41) is 2.92. The molecule has 1 atom stereocenters. The zero-order valence-corrected chi connectivity index (χ0v) is 10.5. The first kappa shape index (κ1) is 12.9. The van der Waals surface area contributed by atoms with Crippen LogP contribution in [0.4, 0.5) is 0 Å². The Morgan fingerprint density at radius 2 is 1.93 bits per heavy atom. The van der Waals surface area contributed by atoms with Crippen molar-refractivity contribution in [2.24, 2.45) is 0 Å². The summed E-state index contributed by atoms with van der Waals surface area (Å²) in [7, 11) is -2.88. The predicted octanol–water partition coefficient (Wildman–Crippen LogP) is 0.105. The van der Waals surface area contributed by atoms with Crippen LogP contribution in [0.25, 0.3) is 0 Å². The summed E-state index contributed by atoms with van der Waals surface area (Å²) in [6.45, 7) is 6.63. The average molecular weight is 234 g/mol. The first-order chi connectivity index (χ1) is 7.00. The molecule has 0 aromatic rings. The summed E-state index contributed by atoms with van der Waals surface area (Å²) in [6.07, 6.45) is 3.90. The molecule has 1 unspecified atom stereocenters. The minimum Gasteiger partial charge on any atom is -0.314 e. The lowest BCUT2D eigenvalue weighted by molar-refractivity contribution is 0.336. The molecule has 1 rings (SSSR count). The van der Waals surface area contributed by atoms with E-state index in [1.54, 1.807) is 6.92 Å². The maximum absolute atomic E-state index is 11.1. The highest BCUT2D eigenvalue weighted by molar-refractivity contribution is 7.91. The van der Waals surface area contributed by atoms with Gasteiger partial charge in [0.2, 0.25) is 0 Å². The Hall–Kier alpha value is -0.130.